The summed E-state index contributed by atoms with van der Waals surface area (Å²) in [5, 5.41) is 0. The maximum absolute atomic E-state index is 13.6. The van der Waals surface area contributed by atoms with Gasteiger partial charge in [0.1, 0.15) is 11.8 Å². The number of carbonyl (C=O) groups is 1. The van der Waals surface area contributed by atoms with Crippen molar-refractivity contribution in [1.29, 1.82) is 0 Å². The summed E-state index contributed by atoms with van der Waals surface area (Å²) in [6.45, 7) is 0.678. The fourth-order valence-corrected chi connectivity index (χ4v) is 4.68. The van der Waals surface area contributed by atoms with E-state index in [1.807, 2.05) is 29.2 Å². The van der Waals surface area contributed by atoms with Crippen LogP contribution in [0.3, 0.4) is 0 Å². The molecule has 0 unspecified atom stereocenters. The van der Waals surface area contributed by atoms with Crippen molar-refractivity contribution in [2.75, 3.05) is 6.54 Å². The minimum atomic E-state index is -0.166. The maximum atomic E-state index is 13.6. The Hall–Kier alpha value is -3.32. The van der Waals surface area contributed by atoms with Crippen molar-refractivity contribution in [1.82, 2.24) is 19.9 Å². The Morgan fingerprint density at radius 2 is 2.00 bits per heavy atom. The van der Waals surface area contributed by atoms with Gasteiger partial charge < -0.3 is 9.32 Å². The predicted molar refractivity (Wildman–Crippen MR) is 119 cm³/mol. The fraction of sp³-hybridized carbons (Fsp3) is 0.250. The Kier molecular flexibility index (Phi) is 5.58. The van der Waals surface area contributed by atoms with Crippen LogP contribution < -0.4 is 0 Å². The average Bonchev–Trinajstić information content (AvgIpc) is 3.52. The molecule has 0 N–H and O–H groups in total. The van der Waals surface area contributed by atoms with E-state index in [4.69, 9.17) is 4.42 Å². The summed E-state index contributed by atoms with van der Waals surface area (Å²) in [6, 6.07) is 13.7. The van der Waals surface area contributed by atoms with Gasteiger partial charge in [0, 0.05) is 25.4 Å². The van der Waals surface area contributed by atoms with E-state index < -0.39 is 0 Å². The van der Waals surface area contributed by atoms with Crippen LogP contribution in [0.25, 0.3) is 10.6 Å². The SMILES string of the molecule is O=C(c1cccnc1-c1cncs1)N1CCCC[C@@H]1c1ncc(Cc2ccccc2)o1. The van der Waals surface area contributed by atoms with Crippen molar-refractivity contribution in [2.45, 2.75) is 31.7 Å². The molecule has 156 valence electrons. The average molecular weight is 431 g/mol. The number of piperidine rings is 1. The molecule has 1 amide bonds. The summed E-state index contributed by atoms with van der Waals surface area (Å²) in [5.74, 6) is 1.39. The van der Waals surface area contributed by atoms with E-state index in [-0.39, 0.29) is 11.9 Å². The number of likely N-dealkylation sites (tertiary alicyclic amines) is 1. The van der Waals surface area contributed by atoms with Crippen LogP contribution in [0.5, 0.6) is 0 Å². The zero-order valence-electron chi connectivity index (χ0n) is 17.0. The van der Waals surface area contributed by atoms with E-state index in [2.05, 4.69) is 27.1 Å². The van der Waals surface area contributed by atoms with Gasteiger partial charge >= 0.3 is 0 Å². The highest BCUT2D eigenvalue weighted by Gasteiger charge is 2.33. The third-order valence-corrected chi connectivity index (χ3v) is 6.32. The van der Waals surface area contributed by atoms with E-state index in [1.54, 1.807) is 30.2 Å². The van der Waals surface area contributed by atoms with Gasteiger partial charge in [-0.15, -0.1) is 11.3 Å². The van der Waals surface area contributed by atoms with Crippen molar-refractivity contribution in [3.63, 3.8) is 0 Å². The fourth-order valence-electron chi connectivity index (χ4n) is 4.05. The Balaban J connectivity index is 1.41. The molecule has 1 aromatic carbocycles. The largest absolute Gasteiger partial charge is 0.443 e. The molecule has 6 nitrogen and oxygen atoms in total. The van der Waals surface area contributed by atoms with Gasteiger partial charge in [0.25, 0.3) is 5.91 Å². The molecular formula is C24H22N4O2S. The van der Waals surface area contributed by atoms with Crippen molar-refractivity contribution in [3.8, 4) is 10.6 Å². The third-order valence-electron chi connectivity index (χ3n) is 5.55. The van der Waals surface area contributed by atoms with Gasteiger partial charge in [-0.2, -0.15) is 0 Å². The van der Waals surface area contributed by atoms with Crippen LogP contribution in [0.1, 0.15) is 52.9 Å². The lowest BCUT2D eigenvalue weighted by Gasteiger charge is -2.34. The van der Waals surface area contributed by atoms with E-state index >= 15 is 0 Å². The van der Waals surface area contributed by atoms with Gasteiger partial charge in [0.2, 0.25) is 5.89 Å². The number of aromatic nitrogens is 3. The molecule has 1 aliphatic rings. The summed E-state index contributed by atoms with van der Waals surface area (Å²) >= 11 is 1.48. The number of oxazole rings is 1. The topological polar surface area (TPSA) is 72.1 Å². The second kappa shape index (κ2) is 8.81. The Labute approximate surface area is 184 Å². The summed E-state index contributed by atoms with van der Waals surface area (Å²) in [6.07, 6.45) is 8.78. The highest BCUT2D eigenvalue weighted by Crippen LogP contribution is 2.34. The first kappa shape index (κ1) is 19.6. The minimum Gasteiger partial charge on any atom is -0.443 e. The number of benzene rings is 1. The molecule has 1 atom stereocenters. The number of carbonyl (C=O) groups excluding carboxylic acids is 1. The molecule has 1 saturated heterocycles. The highest BCUT2D eigenvalue weighted by molar-refractivity contribution is 7.13. The number of nitrogens with zero attached hydrogens (tertiary/aromatic N) is 4. The molecule has 5 rings (SSSR count). The van der Waals surface area contributed by atoms with Crippen molar-refractivity contribution in [2.24, 2.45) is 0 Å². The van der Waals surface area contributed by atoms with Crippen molar-refractivity contribution >= 4 is 17.2 Å². The van der Waals surface area contributed by atoms with E-state index in [0.717, 1.165) is 29.9 Å². The molecule has 0 bridgehead atoms. The molecule has 0 radical (unpaired) electrons. The summed E-state index contributed by atoms with van der Waals surface area (Å²) in [4.78, 5) is 29.5. The summed E-state index contributed by atoms with van der Waals surface area (Å²) < 4.78 is 6.12. The molecule has 31 heavy (non-hydrogen) atoms. The zero-order chi connectivity index (χ0) is 21.0. The number of pyridine rings is 1. The number of hydrogen-bond donors (Lipinski definition) is 0. The Morgan fingerprint density at radius 3 is 2.84 bits per heavy atom. The number of hydrogen-bond acceptors (Lipinski definition) is 6. The van der Waals surface area contributed by atoms with E-state index in [0.29, 0.717) is 30.1 Å². The molecule has 3 aromatic heterocycles. The molecule has 7 heteroatoms. The van der Waals surface area contributed by atoms with Crippen molar-refractivity contribution in [3.05, 3.63) is 89.3 Å². The van der Waals surface area contributed by atoms with Crippen LogP contribution in [-0.4, -0.2) is 32.3 Å². The van der Waals surface area contributed by atoms with Gasteiger partial charge in [-0.1, -0.05) is 30.3 Å². The first-order chi connectivity index (χ1) is 15.3. The van der Waals surface area contributed by atoms with E-state index in [1.165, 1.54) is 16.9 Å². The second-order valence-electron chi connectivity index (χ2n) is 7.60. The number of amides is 1. The normalized spacial score (nSPS) is 16.4. The molecular weight excluding hydrogens is 408 g/mol. The van der Waals surface area contributed by atoms with Crippen LogP contribution in [0.2, 0.25) is 0 Å². The molecule has 4 aromatic rings. The van der Waals surface area contributed by atoms with Crippen LogP contribution in [-0.2, 0) is 6.42 Å². The van der Waals surface area contributed by atoms with E-state index in [9.17, 15) is 4.79 Å². The molecule has 0 saturated carbocycles. The number of rotatable bonds is 5. The molecule has 1 aliphatic heterocycles. The number of thiazole rings is 1. The summed E-state index contributed by atoms with van der Waals surface area (Å²) in [5.41, 5.74) is 4.20. The lowest BCUT2D eigenvalue weighted by atomic mass is 10.00. The smallest absolute Gasteiger partial charge is 0.256 e. The predicted octanol–water partition coefficient (Wildman–Crippen LogP) is 5.15. The van der Waals surface area contributed by atoms with Crippen molar-refractivity contribution < 1.29 is 9.21 Å². The molecule has 4 heterocycles. The quantitative estimate of drug-likeness (QED) is 0.438. The van der Waals surface area contributed by atoms with Crippen LogP contribution in [0.15, 0.2) is 71.0 Å². The maximum Gasteiger partial charge on any atom is 0.256 e. The van der Waals surface area contributed by atoms with Gasteiger partial charge in [-0.25, -0.2) is 4.98 Å². The third kappa shape index (κ3) is 4.14. The van der Waals surface area contributed by atoms with Crippen LogP contribution in [0, 0.1) is 0 Å². The molecule has 1 fully saturated rings. The minimum absolute atomic E-state index is 0.0380. The van der Waals surface area contributed by atoms with Crippen LogP contribution >= 0.6 is 11.3 Å². The molecule has 0 aliphatic carbocycles. The van der Waals surface area contributed by atoms with Crippen LogP contribution in [0.4, 0.5) is 0 Å². The van der Waals surface area contributed by atoms with Gasteiger partial charge in [0.15, 0.2) is 0 Å². The first-order valence-electron chi connectivity index (χ1n) is 10.4. The Bertz CT molecular complexity index is 1160. The lowest BCUT2D eigenvalue weighted by Crippen LogP contribution is -2.39. The lowest BCUT2D eigenvalue weighted by molar-refractivity contribution is 0.0570. The Morgan fingerprint density at radius 1 is 1.10 bits per heavy atom. The monoisotopic (exact) mass is 430 g/mol. The first-order valence-corrected chi connectivity index (χ1v) is 11.3. The zero-order valence-corrected chi connectivity index (χ0v) is 17.8. The second-order valence-corrected chi connectivity index (χ2v) is 8.49. The standard InChI is InChI=1S/C24H22N4O2S/c29-24(19-9-6-11-26-22(19)21-15-25-16-31-21)28-12-5-4-10-20(28)23-27-14-18(30-23)13-17-7-2-1-3-8-17/h1-3,6-9,11,14-16,20H,4-5,10,12-13H2/t20-/m1/s1. The van der Waals surface area contributed by atoms with Gasteiger partial charge in [-0.05, 0) is 37.0 Å². The van der Waals surface area contributed by atoms with Gasteiger partial charge in [0.05, 0.1) is 27.8 Å². The highest BCUT2D eigenvalue weighted by atomic mass is 32.1. The van der Waals surface area contributed by atoms with Gasteiger partial charge in [-0.3, -0.25) is 14.8 Å². The molecule has 0 spiro atoms. The summed E-state index contributed by atoms with van der Waals surface area (Å²) in [7, 11) is 0.